The molecular formula is C18H20N2O. The monoisotopic (exact) mass is 280 g/mol. The number of hydrogen-bond acceptors (Lipinski definition) is 2. The van der Waals surface area contributed by atoms with Crippen LogP contribution in [0.4, 0.5) is 5.69 Å². The molecular weight excluding hydrogens is 260 g/mol. The Labute approximate surface area is 125 Å². The Balaban J connectivity index is 2.19. The molecule has 108 valence electrons. The Morgan fingerprint density at radius 3 is 2.43 bits per heavy atom. The third-order valence-corrected chi connectivity index (χ3v) is 4.38. The third-order valence-electron chi connectivity index (χ3n) is 4.38. The zero-order valence-electron chi connectivity index (χ0n) is 12.7. The number of anilines is 1. The van der Waals surface area contributed by atoms with Crippen molar-refractivity contribution in [3.05, 3.63) is 54.2 Å². The number of carbonyl (C=O) groups excluding carboxylic acids is 1. The number of carbonyl (C=O) groups is 1. The first-order chi connectivity index (χ1) is 9.96. The Morgan fingerprint density at radius 1 is 1.14 bits per heavy atom. The van der Waals surface area contributed by atoms with E-state index in [-0.39, 0.29) is 5.91 Å². The first-order valence-corrected chi connectivity index (χ1v) is 7.28. The largest absolute Gasteiger partial charge is 0.272 e. The summed E-state index contributed by atoms with van der Waals surface area (Å²) in [4.78, 5) is 12.1. The lowest BCUT2D eigenvalue weighted by molar-refractivity contribution is -0.125. The van der Waals surface area contributed by atoms with Gasteiger partial charge in [0, 0.05) is 11.1 Å². The normalized spacial score (nSPS) is 17.4. The summed E-state index contributed by atoms with van der Waals surface area (Å²) in [6.07, 6.45) is 0.986. The maximum atomic E-state index is 12.1. The zero-order chi connectivity index (χ0) is 15.2. The van der Waals surface area contributed by atoms with E-state index in [2.05, 4.69) is 43.2 Å². The van der Waals surface area contributed by atoms with Crippen molar-refractivity contribution in [3.8, 4) is 0 Å². The number of hydrogen-bond donors (Lipinski definition) is 1. The summed E-state index contributed by atoms with van der Waals surface area (Å²) in [5.41, 5.74) is 5.42. The molecule has 21 heavy (non-hydrogen) atoms. The molecule has 1 amide bonds. The number of fused-ring (bicyclic) bond motifs is 1. The van der Waals surface area contributed by atoms with Gasteiger partial charge in [-0.05, 0) is 37.3 Å². The van der Waals surface area contributed by atoms with E-state index in [1.165, 1.54) is 10.9 Å². The molecule has 0 spiro atoms. The van der Waals surface area contributed by atoms with E-state index in [1.807, 2.05) is 31.0 Å². The van der Waals surface area contributed by atoms with E-state index in [0.717, 1.165) is 23.2 Å². The topological polar surface area (TPSA) is 32.3 Å². The highest BCUT2D eigenvalue weighted by molar-refractivity contribution is 6.00. The van der Waals surface area contributed by atoms with Gasteiger partial charge in [-0.15, -0.1) is 0 Å². The van der Waals surface area contributed by atoms with Crippen LogP contribution in [0.15, 0.2) is 48.7 Å². The van der Waals surface area contributed by atoms with Crippen molar-refractivity contribution in [2.45, 2.75) is 27.2 Å². The van der Waals surface area contributed by atoms with Crippen LogP contribution in [0.25, 0.3) is 10.8 Å². The Morgan fingerprint density at radius 2 is 1.81 bits per heavy atom. The molecule has 0 atom stereocenters. The van der Waals surface area contributed by atoms with Crippen molar-refractivity contribution >= 4 is 22.4 Å². The van der Waals surface area contributed by atoms with Crippen molar-refractivity contribution in [1.82, 2.24) is 5.43 Å². The van der Waals surface area contributed by atoms with E-state index in [4.69, 9.17) is 0 Å². The number of nitrogens with one attached hydrogen (secondary N) is 1. The molecule has 1 aliphatic rings. The fraction of sp³-hybridized carbons (Fsp3) is 0.278. The molecule has 0 aromatic heterocycles. The number of aryl methyl sites for hydroxylation is 1. The van der Waals surface area contributed by atoms with Crippen LogP contribution in [0.5, 0.6) is 0 Å². The van der Waals surface area contributed by atoms with Crippen LogP contribution in [-0.4, -0.2) is 5.91 Å². The van der Waals surface area contributed by atoms with Crippen LogP contribution in [-0.2, 0) is 11.2 Å². The Hall–Kier alpha value is -2.29. The molecule has 1 aliphatic heterocycles. The highest BCUT2D eigenvalue weighted by Crippen LogP contribution is 2.39. The van der Waals surface area contributed by atoms with Crippen molar-refractivity contribution in [2.24, 2.45) is 5.41 Å². The first-order valence-electron chi connectivity index (χ1n) is 7.28. The van der Waals surface area contributed by atoms with Gasteiger partial charge in [0.05, 0.1) is 11.1 Å². The van der Waals surface area contributed by atoms with Gasteiger partial charge in [-0.1, -0.05) is 43.8 Å². The summed E-state index contributed by atoms with van der Waals surface area (Å²) >= 11 is 0. The van der Waals surface area contributed by atoms with Crippen molar-refractivity contribution < 1.29 is 4.79 Å². The number of hydrazine groups is 1. The van der Waals surface area contributed by atoms with Crippen LogP contribution < -0.4 is 10.4 Å². The van der Waals surface area contributed by atoms with E-state index in [9.17, 15) is 4.79 Å². The summed E-state index contributed by atoms with van der Waals surface area (Å²) in [5, 5.41) is 4.18. The summed E-state index contributed by atoms with van der Waals surface area (Å²) in [5.74, 6) is -0.0175. The van der Waals surface area contributed by atoms with Crippen LogP contribution in [0.2, 0.25) is 0 Å². The van der Waals surface area contributed by atoms with Crippen molar-refractivity contribution in [2.75, 3.05) is 5.01 Å². The summed E-state index contributed by atoms with van der Waals surface area (Å²) in [7, 11) is 0. The van der Waals surface area contributed by atoms with Crippen LogP contribution in [0.1, 0.15) is 26.3 Å². The third kappa shape index (κ3) is 1.92. The van der Waals surface area contributed by atoms with E-state index >= 15 is 0 Å². The van der Waals surface area contributed by atoms with Crippen molar-refractivity contribution in [3.63, 3.8) is 0 Å². The van der Waals surface area contributed by atoms with Gasteiger partial charge in [0.15, 0.2) is 0 Å². The lowest BCUT2D eigenvalue weighted by Gasteiger charge is -2.23. The maximum absolute atomic E-state index is 12.1. The highest BCUT2D eigenvalue weighted by Gasteiger charge is 2.42. The first kappa shape index (κ1) is 13.7. The molecule has 2 aromatic rings. The molecule has 0 radical (unpaired) electrons. The summed E-state index contributed by atoms with van der Waals surface area (Å²) < 4.78 is 0. The fourth-order valence-electron chi connectivity index (χ4n) is 2.79. The molecule has 1 N–H and O–H groups in total. The van der Waals surface area contributed by atoms with E-state index in [1.54, 1.807) is 0 Å². The van der Waals surface area contributed by atoms with E-state index in [0.29, 0.717) is 0 Å². The van der Waals surface area contributed by atoms with Gasteiger partial charge in [0.25, 0.3) is 0 Å². The van der Waals surface area contributed by atoms with Gasteiger partial charge in [-0.2, -0.15) is 0 Å². The molecule has 2 aromatic carbocycles. The van der Waals surface area contributed by atoms with Gasteiger partial charge in [0.2, 0.25) is 5.91 Å². The predicted octanol–water partition coefficient (Wildman–Crippen LogP) is 3.79. The lowest BCUT2D eigenvalue weighted by Crippen LogP contribution is -2.32. The predicted molar refractivity (Wildman–Crippen MR) is 86.9 cm³/mol. The smallest absolute Gasteiger partial charge is 0.250 e. The number of rotatable bonds is 2. The van der Waals surface area contributed by atoms with Crippen LogP contribution in [0.3, 0.4) is 0 Å². The van der Waals surface area contributed by atoms with Gasteiger partial charge < -0.3 is 0 Å². The van der Waals surface area contributed by atoms with Gasteiger partial charge >= 0.3 is 0 Å². The van der Waals surface area contributed by atoms with Crippen molar-refractivity contribution in [1.29, 1.82) is 0 Å². The molecule has 3 rings (SSSR count). The molecule has 0 bridgehead atoms. The molecule has 0 unspecified atom stereocenters. The average Bonchev–Trinajstić information content (AvgIpc) is 2.69. The van der Waals surface area contributed by atoms with Gasteiger partial charge in [-0.3, -0.25) is 15.2 Å². The van der Waals surface area contributed by atoms with Crippen LogP contribution in [0, 0.1) is 5.41 Å². The molecule has 3 nitrogen and oxygen atoms in total. The maximum Gasteiger partial charge on any atom is 0.250 e. The number of benzene rings is 2. The summed E-state index contributed by atoms with van der Waals surface area (Å²) in [6.45, 7) is 10.1. The minimum absolute atomic E-state index is 0.0175. The molecule has 0 saturated carbocycles. The minimum Gasteiger partial charge on any atom is -0.272 e. The molecule has 1 saturated heterocycles. The number of amides is 1. The Kier molecular flexibility index (Phi) is 3.01. The molecule has 0 aliphatic carbocycles. The van der Waals surface area contributed by atoms with Gasteiger partial charge in [-0.25, -0.2) is 0 Å². The van der Waals surface area contributed by atoms with E-state index < -0.39 is 5.41 Å². The van der Waals surface area contributed by atoms with Gasteiger partial charge in [0.1, 0.15) is 0 Å². The van der Waals surface area contributed by atoms with Crippen LogP contribution >= 0.6 is 0 Å². The summed E-state index contributed by atoms with van der Waals surface area (Å²) in [6, 6.07) is 12.5. The average molecular weight is 280 g/mol. The highest BCUT2D eigenvalue weighted by atomic mass is 16.2. The Bertz CT molecular complexity index is 746. The SMILES string of the molecule is C=C1N(c2cccc3c(CC)cccc23)NC(=O)C1(C)C. The fourth-order valence-corrected chi connectivity index (χ4v) is 2.79. The second-order valence-electron chi connectivity index (χ2n) is 5.99. The second kappa shape index (κ2) is 4.62. The lowest BCUT2D eigenvalue weighted by atomic mass is 9.90. The standard InChI is InChI=1S/C18H20N2O/c1-5-13-8-6-10-15-14(13)9-7-11-16(15)20-12(2)18(3,4)17(21)19-20/h6-11H,2,5H2,1,3-4H3,(H,19,21). The second-order valence-corrected chi connectivity index (χ2v) is 5.99. The quantitative estimate of drug-likeness (QED) is 0.907. The molecule has 3 heteroatoms. The molecule has 1 heterocycles. The minimum atomic E-state index is -0.579. The molecule has 1 fully saturated rings. The zero-order valence-corrected chi connectivity index (χ0v) is 12.7. The number of nitrogens with zero attached hydrogens (tertiary/aromatic N) is 1.